The molecular formula is C11H17Cl3FNO2. The van der Waals surface area contributed by atoms with Gasteiger partial charge in [0.25, 0.3) is 3.79 Å². The predicted octanol–water partition coefficient (Wildman–Crippen LogP) is 4.24. The molecule has 0 bridgehead atoms. The van der Waals surface area contributed by atoms with E-state index in [2.05, 4.69) is 0 Å². The molecule has 0 amide bonds. The lowest BCUT2D eigenvalue weighted by Crippen LogP contribution is -2.45. The van der Waals surface area contributed by atoms with Crippen LogP contribution in [0.25, 0.3) is 0 Å². The minimum absolute atomic E-state index is 0.135. The molecule has 0 radical (unpaired) electrons. The van der Waals surface area contributed by atoms with Gasteiger partial charge in [-0.1, -0.05) is 55.6 Å². The summed E-state index contributed by atoms with van der Waals surface area (Å²) >= 11 is 16.4. The molecule has 1 aliphatic heterocycles. The van der Waals surface area contributed by atoms with Gasteiger partial charge in [-0.25, -0.2) is 4.39 Å². The maximum Gasteiger partial charge on any atom is 0.265 e. The van der Waals surface area contributed by atoms with E-state index in [4.69, 9.17) is 49.7 Å². The van der Waals surface area contributed by atoms with Crippen LogP contribution in [-0.2, 0) is 9.47 Å². The topological polar surface area (TPSA) is 42.3 Å². The molecule has 0 aliphatic carbocycles. The summed E-state index contributed by atoms with van der Waals surface area (Å²) in [5, 5.41) is 7.42. The van der Waals surface area contributed by atoms with Crippen LogP contribution < -0.4 is 0 Å². The molecule has 0 aromatic rings. The van der Waals surface area contributed by atoms with Gasteiger partial charge < -0.3 is 9.47 Å². The molecule has 1 unspecified atom stereocenters. The van der Waals surface area contributed by atoms with Crippen molar-refractivity contribution in [3.05, 3.63) is 0 Å². The van der Waals surface area contributed by atoms with E-state index < -0.39 is 22.2 Å². The normalized spacial score (nSPS) is 30.1. The largest absolute Gasteiger partial charge is 0.445 e. The lowest BCUT2D eigenvalue weighted by atomic mass is 9.84. The number of alkyl halides is 4. The van der Waals surface area contributed by atoms with E-state index in [1.54, 1.807) is 0 Å². The highest BCUT2D eigenvalue weighted by atomic mass is 35.6. The summed E-state index contributed by atoms with van der Waals surface area (Å²) < 4.78 is 22.2. The predicted molar refractivity (Wildman–Crippen MR) is 71.3 cm³/mol. The van der Waals surface area contributed by atoms with Gasteiger partial charge in [0, 0.05) is 0 Å². The molecule has 106 valence electrons. The Labute approximate surface area is 121 Å². The van der Waals surface area contributed by atoms with E-state index in [1.165, 1.54) is 0 Å². The van der Waals surface area contributed by atoms with Crippen LogP contribution in [0.4, 0.5) is 4.39 Å². The zero-order valence-corrected chi connectivity index (χ0v) is 12.7. The van der Waals surface area contributed by atoms with Gasteiger partial charge in [0.1, 0.15) is 0 Å². The van der Waals surface area contributed by atoms with Crippen LogP contribution in [0.1, 0.15) is 33.6 Å². The molecule has 1 fully saturated rings. The van der Waals surface area contributed by atoms with Crippen molar-refractivity contribution in [1.29, 1.82) is 5.41 Å². The Morgan fingerprint density at radius 3 is 2.28 bits per heavy atom. The van der Waals surface area contributed by atoms with E-state index in [-0.39, 0.29) is 11.5 Å². The first-order valence-electron chi connectivity index (χ1n) is 5.63. The summed E-state index contributed by atoms with van der Waals surface area (Å²) in [4.78, 5) is 0. The summed E-state index contributed by atoms with van der Waals surface area (Å²) in [6, 6.07) is 0. The standard InChI is InChI=1S/C11H17Cl3FNO2/c1-10(2,3)7-5-4-6(15)8(17-7)18-9(16)11(12,13)14/h6-8,16H,4-5H2,1-3H3/t6-,7-,8?/m1/s1. The van der Waals surface area contributed by atoms with E-state index in [0.29, 0.717) is 12.8 Å². The van der Waals surface area contributed by atoms with Crippen LogP contribution in [0.3, 0.4) is 0 Å². The average Bonchev–Trinajstić information content (AvgIpc) is 2.18. The minimum atomic E-state index is -2.00. The number of nitrogens with one attached hydrogen (secondary N) is 1. The maximum atomic E-state index is 13.7. The molecule has 0 aromatic heterocycles. The first-order valence-corrected chi connectivity index (χ1v) is 6.77. The third-order valence-electron chi connectivity index (χ3n) is 2.76. The Kier molecular flexibility index (Phi) is 5.15. The second-order valence-electron chi connectivity index (χ2n) is 5.40. The fourth-order valence-electron chi connectivity index (χ4n) is 1.68. The molecule has 1 aliphatic rings. The number of hydrogen-bond acceptors (Lipinski definition) is 3. The molecule has 18 heavy (non-hydrogen) atoms. The van der Waals surface area contributed by atoms with Gasteiger partial charge in [0.05, 0.1) is 6.10 Å². The summed E-state index contributed by atoms with van der Waals surface area (Å²) in [6.07, 6.45) is -1.76. The van der Waals surface area contributed by atoms with E-state index in [9.17, 15) is 4.39 Å². The maximum absolute atomic E-state index is 13.7. The Morgan fingerprint density at radius 1 is 1.28 bits per heavy atom. The third-order valence-corrected chi connectivity index (χ3v) is 3.27. The monoisotopic (exact) mass is 319 g/mol. The zero-order chi connectivity index (χ0) is 14.1. The highest BCUT2D eigenvalue weighted by molar-refractivity contribution is 6.76. The van der Waals surface area contributed by atoms with Crippen molar-refractivity contribution in [1.82, 2.24) is 0 Å². The highest BCUT2D eigenvalue weighted by Crippen LogP contribution is 2.35. The number of halogens is 4. The second-order valence-corrected chi connectivity index (χ2v) is 7.68. The fraction of sp³-hybridized carbons (Fsp3) is 0.909. The molecule has 3 nitrogen and oxygen atoms in total. The summed E-state index contributed by atoms with van der Waals surface area (Å²) in [6.45, 7) is 5.98. The minimum Gasteiger partial charge on any atom is -0.445 e. The van der Waals surface area contributed by atoms with Gasteiger partial charge in [-0.2, -0.15) is 0 Å². The second kappa shape index (κ2) is 5.70. The van der Waals surface area contributed by atoms with Crippen LogP contribution in [-0.4, -0.2) is 28.3 Å². The third kappa shape index (κ3) is 4.41. The average molecular weight is 321 g/mol. The van der Waals surface area contributed by atoms with Gasteiger partial charge in [-0.05, 0) is 18.3 Å². The molecule has 1 N–H and O–H groups in total. The van der Waals surface area contributed by atoms with Crippen molar-refractivity contribution in [2.24, 2.45) is 5.41 Å². The van der Waals surface area contributed by atoms with Gasteiger partial charge in [-0.3, -0.25) is 5.41 Å². The van der Waals surface area contributed by atoms with Crippen LogP contribution >= 0.6 is 34.8 Å². The first-order chi connectivity index (χ1) is 8.01. The molecule has 7 heteroatoms. The van der Waals surface area contributed by atoms with E-state index >= 15 is 0 Å². The molecule has 3 atom stereocenters. The van der Waals surface area contributed by atoms with Crippen LogP contribution in [0, 0.1) is 10.8 Å². The van der Waals surface area contributed by atoms with E-state index in [0.717, 1.165) is 0 Å². The summed E-state index contributed by atoms with van der Waals surface area (Å²) in [7, 11) is 0. The van der Waals surface area contributed by atoms with Crippen LogP contribution in [0.2, 0.25) is 0 Å². The molecule has 0 aromatic carbocycles. The Balaban J connectivity index is 2.66. The molecule has 1 rings (SSSR count). The van der Waals surface area contributed by atoms with Gasteiger partial charge in [-0.15, -0.1) is 0 Å². The van der Waals surface area contributed by atoms with Gasteiger partial charge in [0.15, 0.2) is 6.17 Å². The smallest absolute Gasteiger partial charge is 0.265 e. The SMILES string of the molecule is CC(C)(C)[C@H]1CC[C@@H](F)C(OC(=N)C(Cl)(Cl)Cl)O1. The van der Waals surface area contributed by atoms with Gasteiger partial charge >= 0.3 is 0 Å². The molecule has 1 heterocycles. The Bertz CT molecular complexity index is 314. The van der Waals surface area contributed by atoms with Crippen molar-refractivity contribution in [3.8, 4) is 0 Å². The molecular weight excluding hydrogens is 303 g/mol. The van der Waals surface area contributed by atoms with Crippen LogP contribution in [0.15, 0.2) is 0 Å². The number of rotatable bonds is 1. The highest BCUT2D eigenvalue weighted by Gasteiger charge is 2.41. The molecule has 1 saturated heterocycles. The number of hydrogen-bond donors (Lipinski definition) is 1. The Hall–Kier alpha value is 0.230. The van der Waals surface area contributed by atoms with Crippen molar-refractivity contribution in [3.63, 3.8) is 0 Å². The quantitative estimate of drug-likeness (QED) is 0.446. The number of ether oxygens (including phenoxy) is 2. The van der Waals surface area contributed by atoms with E-state index in [1.807, 2.05) is 20.8 Å². The van der Waals surface area contributed by atoms with Crippen molar-refractivity contribution in [2.45, 2.75) is 56.0 Å². The van der Waals surface area contributed by atoms with Crippen molar-refractivity contribution in [2.75, 3.05) is 0 Å². The van der Waals surface area contributed by atoms with Crippen LogP contribution in [0.5, 0.6) is 0 Å². The zero-order valence-electron chi connectivity index (χ0n) is 10.5. The molecule has 0 saturated carbocycles. The Morgan fingerprint density at radius 2 is 1.83 bits per heavy atom. The van der Waals surface area contributed by atoms with Gasteiger partial charge in [0.2, 0.25) is 12.2 Å². The van der Waals surface area contributed by atoms with Crippen molar-refractivity contribution < 1.29 is 13.9 Å². The first kappa shape index (κ1) is 16.3. The lowest BCUT2D eigenvalue weighted by Gasteiger charge is -2.39. The van der Waals surface area contributed by atoms with Crippen molar-refractivity contribution >= 4 is 40.7 Å². The fourth-order valence-corrected chi connectivity index (χ4v) is 1.82. The lowest BCUT2D eigenvalue weighted by molar-refractivity contribution is -0.212. The summed E-state index contributed by atoms with van der Waals surface area (Å²) in [5.41, 5.74) is -0.135. The summed E-state index contributed by atoms with van der Waals surface area (Å²) in [5.74, 6) is -0.630. The molecule has 0 spiro atoms.